The molecule has 8 heteroatoms. The number of hydrogen-bond acceptors (Lipinski definition) is 5. The minimum atomic E-state index is -1.06. The first kappa shape index (κ1) is 28.7. The third kappa shape index (κ3) is 7.24. The molecule has 3 heterocycles. The zero-order chi connectivity index (χ0) is 27.9. The average Bonchev–Trinajstić information content (AvgIpc) is 3.67. The van der Waals surface area contributed by atoms with E-state index in [0.29, 0.717) is 37.7 Å². The maximum atomic E-state index is 13.9. The first-order valence-electron chi connectivity index (χ1n) is 14.2. The molecule has 39 heavy (non-hydrogen) atoms. The number of ether oxygens (including phenoxy) is 1. The van der Waals surface area contributed by atoms with Crippen LogP contribution in [0.2, 0.25) is 0 Å². The van der Waals surface area contributed by atoms with Gasteiger partial charge in [-0.05, 0) is 67.5 Å². The number of aryl methyl sites for hydroxylation is 1. The molecular formula is C31H41FN4O3. The van der Waals surface area contributed by atoms with Gasteiger partial charge in [0, 0.05) is 42.7 Å². The van der Waals surface area contributed by atoms with Crippen LogP contribution >= 0.6 is 0 Å². The van der Waals surface area contributed by atoms with Gasteiger partial charge in [-0.15, -0.1) is 0 Å². The molecule has 4 rings (SSSR count). The number of alkyl halides is 1. The van der Waals surface area contributed by atoms with Crippen LogP contribution in [0.3, 0.4) is 0 Å². The molecule has 1 aromatic rings. The molecule has 1 saturated carbocycles. The first-order valence-corrected chi connectivity index (χ1v) is 14.2. The Balaban J connectivity index is 1.72. The third-order valence-corrected chi connectivity index (χ3v) is 7.42. The number of aromatic nitrogens is 1. The summed E-state index contributed by atoms with van der Waals surface area (Å²) in [7, 11) is 0. The molecule has 2 amide bonds. The number of pyridine rings is 1. The van der Waals surface area contributed by atoms with Crippen molar-refractivity contribution in [2.45, 2.75) is 72.0 Å². The first-order chi connectivity index (χ1) is 18.8. The summed E-state index contributed by atoms with van der Waals surface area (Å²) in [6.45, 7) is 10.5. The van der Waals surface area contributed by atoms with Crippen LogP contribution in [0.15, 0.2) is 52.9 Å². The summed E-state index contributed by atoms with van der Waals surface area (Å²) in [6, 6.07) is 2.06. The van der Waals surface area contributed by atoms with Gasteiger partial charge >= 0.3 is 0 Å². The highest BCUT2D eigenvalue weighted by Crippen LogP contribution is 2.35. The number of nitrogens with zero attached hydrogens (tertiary/aromatic N) is 2. The fraction of sp³-hybridized carbons (Fsp3) is 0.516. The molecule has 0 bridgehead atoms. The number of carbonyl (C=O) groups excluding carboxylic acids is 2. The van der Waals surface area contributed by atoms with Gasteiger partial charge in [0.2, 0.25) is 5.91 Å². The van der Waals surface area contributed by atoms with E-state index in [0.717, 1.165) is 53.5 Å². The number of nitrogens with one attached hydrogen (secondary N) is 2. The molecule has 2 aliphatic heterocycles. The summed E-state index contributed by atoms with van der Waals surface area (Å²) < 4.78 is 18.8. The molecule has 0 radical (unpaired) electrons. The minimum Gasteiger partial charge on any atom is -0.384 e. The standard InChI is InChI=1S/C31H41FN4O3/c1-5-7-9-24(31(38)36-10-12-39-13-11-36)25(27-19-33-23(8-6-2)14-21(27)4)16-22-18-34-29(15-20(22)3)35-30(37)26-17-28(26)32/h9,14-16,18-19,23,26,28,33H,5-8,10-13,17H2,1-4H3,(H,34,35,37)/b24-9-,25-16+. The van der Waals surface area contributed by atoms with Crippen molar-refractivity contribution in [1.82, 2.24) is 15.2 Å². The zero-order valence-corrected chi connectivity index (χ0v) is 23.6. The number of dihydropyridines is 1. The van der Waals surface area contributed by atoms with Crippen molar-refractivity contribution in [3.05, 3.63) is 64.0 Å². The van der Waals surface area contributed by atoms with Crippen LogP contribution in [-0.2, 0) is 14.3 Å². The summed E-state index contributed by atoms with van der Waals surface area (Å²) >= 11 is 0. The lowest BCUT2D eigenvalue weighted by molar-refractivity contribution is -0.130. The van der Waals surface area contributed by atoms with E-state index in [1.807, 2.05) is 24.1 Å². The molecule has 7 nitrogen and oxygen atoms in total. The Bertz CT molecular complexity index is 1200. The highest BCUT2D eigenvalue weighted by Gasteiger charge is 2.43. The van der Waals surface area contributed by atoms with Gasteiger partial charge in [0.15, 0.2) is 0 Å². The highest BCUT2D eigenvalue weighted by atomic mass is 19.1. The SMILES string of the molecule is CCC/C=C(C(=O)N1CCOCC1)/C(=C\c1cnc(NC(=O)C2CC2F)cc1C)C1=CNC(CCC)C=C1C. The minimum absolute atomic E-state index is 0.00193. The van der Waals surface area contributed by atoms with Crippen LogP contribution in [0.1, 0.15) is 64.0 Å². The number of hydrogen-bond donors (Lipinski definition) is 2. The van der Waals surface area contributed by atoms with Crippen LogP contribution < -0.4 is 10.6 Å². The maximum absolute atomic E-state index is 13.9. The Morgan fingerprint density at radius 1 is 1.23 bits per heavy atom. The number of allylic oxidation sites excluding steroid dienone is 3. The predicted octanol–water partition coefficient (Wildman–Crippen LogP) is 5.26. The van der Waals surface area contributed by atoms with Crippen molar-refractivity contribution in [2.75, 3.05) is 31.6 Å². The number of carbonyl (C=O) groups is 2. The summed E-state index contributed by atoms with van der Waals surface area (Å²) in [5.74, 6) is -0.506. The number of halogens is 1. The van der Waals surface area contributed by atoms with Crippen molar-refractivity contribution in [3.63, 3.8) is 0 Å². The van der Waals surface area contributed by atoms with E-state index < -0.39 is 12.1 Å². The quantitative estimate of drug-likeness (QED) is 0.315. The van der Waals surface area contributed by atoms with Gasteiger partial charge in [-0.1, -0.05) is 38.8 Å². The molecule has 3 unspecified atom stereocenters. The van der Waals surface area contributed by atoms with E-state index in [-0.39, 0.29) is 24.3 Å². The van der Waals surface area contributed by atoms with Crippen molar-refractivity contribution in [1.29, 1.82) is 0 Å². The predicted molar refractivity (Wildman–Crippen MR) is 153 cm³/mol. The molecule has 2 N–H and O–H groups in total. The lowest BCUT2D eigenvalue weighted by Crippen LogP contribution is -2.41. The van der Waals surface area contributed by atoms with Crippen LogP contribution in [0.5, 0.6) is 0 Å². The molecular weight excluding hydrogens is 495 g/mol. The van der Waals surface area contributed by atoms with E-state index in [1.165, 1.54) is 0 Å². The maximum Gasteiger partial charge on any atom is 0.254 e. The Morgan fingerprint density at radius 3 is 2.59 bits per heavy atom. The van der Waals surface area contributed by atoms with E-state index >= 15 is 0 Å². The van der Waals surface area contributed by atoms with Gasteiger partial charge in [0.1, 0.15) is 12.0 Å². The van der Waals surface area contributed by atoms with Crippen LogP contribution in [0.4, 0.5) is 10.2 Å². The Kier molecular flexibility index (Phi) is 9.73. The van der Waals surface area contributed by atoms with E-state index in [1.54, 1.807) is 12.3 Å². The van der Waals surface area contributed by atoms with Gasteiger partial charge in [-0.3, -0.25) is 9.59 Å². The van der Waals surface area contributed by atoms with Crippen LogP contribution in [-0.4, -0.2) is 60.2 Å². The Morgan fingerprint density at radius 2 is 1.97 bits per heavy atom. The van der Waals surface area contributed by atoms with Gasteiger partial charge in [-0.25, -0.2) is 9.37 Å². The average molecular weight is 537 g/mol. The Hall–Kier alpha value is -3.26. The van der Waals surface area contributed by atoms with Crippen molar-refractivity contribution in [3.8, 4) is 0 Å². The Labute approximate surface area is 231 Å². The summed E-state index contributed by atoms with van der Waals surface area (Å²) in [5, 5.41) is 6.25. The molecule has 3 aliphatic rings. The second kappa shape index (κ2) is 13.2. The van der Waals surface area contributed by atoms with E-state index in [2.05, 4.69) is 48.5 Å². The largest absolute Gasteiger partial charge is 0.384 e. The van der Waals surface area contributed by atoms with Gasteiger partial charge in [-0.2, -0.15) is 0 Å². The lowest BCUT2D eigenvalue weighted by atomic mass is 9.87. The van der Waals surface area contributed by atoms with Gasteiger partial charge in [0.25, 0.3) is 5.91 Å². The summed E-state index contributed by atoms with van der Waals surface area (Å²) in [5.41, 5.74) is 5.36. The van der Waals surface area contributed by atoms with Gasteiger partial charge in [0.05, 0.1) is 19.1 Å². The number of rotatable bonds is 10. The molecule has 0 spiro atoms. The monoisotopic (exact) mass is 536 g/mol. The van der Waals surface area contributed by atoms with Gasteiger partial charge < -0.3 is 20.3 Å². The molecule has 210 valence electrons. The number of morpholine rings is 1. The lowest BCUT2D eigenvalue weighted by Gasteiger charge is -2.30. The second-order valence-electron chi connectivity index (χ2n) is 10.6. The molecule has 2 fully saturated rings. The number of anilines is 1. The molecule has 1 aliphatic carbocycles. The topological polar surface area (TPSA) is 83.6 Å². The normalized spacial score (nSPS) is 23.5. The van der Waals surface area contributed by atoms with E-state index in [9.17, 15) is 14.0 Å². The molecule has 0 aromatic carbocycles. The summed E-state index contributed by atoms with van der Waals surface area (Å²) in [4.78, 5) is 32.4. The second-order valence-corrected chi connectivity index (χ2v) is 10.6. The molecule has 1 saturated heterocycles. The molecule has 3 atom stereocenters. The highest BCUT2D eigenvalue weighted by molar-refractivity contribution is 6.01. The smallest absolute Gasteiger partial charge is 0.254 e. The summed E-state index contributed by atoms with van der Waals surface area (Å²) in [6.07, 6.45) is 13.1. The number of unbranched alkanes of at least 4 members (excludes halogenated alkanes) is 1. The van der Waals surface area contributed by atoms with Crippen LogP contribution in [0.25, 0.3) is 6.08 Å². The number of amides is 2. The zero-order valence-electron chi connectivity index (χ0n) is 23.6. The van der Waals surface area contributed by atoms with Crippen molar-refractivity contribution in [2.24, 2.45) is 5.92 Å². The fourth-order valence-corrected chi connectivity index (χ4v) is 4.95. The van der Waals surface area contributed by atoms with Crippen molar-refractivity contribution >= 4 is 23.7 Å². The third-order valence-electron chi connectivity index (χ3n) is 7.42. The van der Waals surface area contributed by atoms with E-state index in [4.69, 9.17) is 4.74 Å². The van der Waals surface area contributed by atoms with Crippen LogP contribution in [0, 0.1) is 12.8 Å². The van der Waals surface area contributed by atoms with Crippen molar-refractivity contribution < 1.29 is 18.7 Å². The molecule has 1 aromatic heterocycles. The fourth-order valence-electron chi connectivity index (χ4n) is 4.95.